The molecule has 0 aliphatic heterocycles. The maximum absolute atomic E-state index is 5.54. The van der Waals surface area contributed by atoms with Crippen molar-refractivity contribution in [1.29, 1.82) is 0 Å². The Labute approximate surface area is 80.2 Å². The lowest BCUT2D eigenvalue weighted by Gasteiger charge is -2.13. The highest BCUT2D eigenvalue weighted by molar-refractivity contribution is 7.99. The van der Waals surface area contributed by atoms with E-state index < -0.39 is 0 Å². The highest BCUT2D eigenvalue weighted by Crippen LogP contribution is 2.07. The number of unbranched alkanes of at least 4 members (excludes halogenated alkanes) is 1. The summed E-state index contributed by atoms with van der Waals surface area (Å²) in [6, 6.07) is 0. The lowest BCUT2D eigenvalue weighted by molar-refractivity contribution is 0.0858. The Balaban J connectivity index is 3.19. The summed E-state index contributed by atoms with van der Waals surface area (Å²) in [6.07, 6.45) is 2.83. The molecule has 0 aliphatic rings. The first kappa shape index (κ1) is 12.3. The third-order valence-corrected chi connectivity index (χ3v) is 2.80. The normalized spacial score (nSPS) is 13.2. The van der Waals surface area contributed by atoms with E-state index in [1.807, 2.05) is 18.7 Å². The average Bonchev–Trinajstić information content (AvgIpc) is 2.10. The highest BCUT2D eigenvalue weighted by atomic mass is 32.2. The van der Waals surface area contributed by atoms with Crippen molar-refractivity contribution in [3.63, 3.8) is 0 Å². The van der Waals surface area contributed by atoms with E-state index in [-0.39, 0.29) is 6.10 Å². The van der Waals surface area contributed by atoms with Gasteiger partial charge in [0.25, 0.3) is 0 Å². The molecule has 0 saturated carbocycles. The quantitative estimate of drug-likeness (QED) is 0.595. The maximum atomic E-state index is 5.54. The highest BCUT2D eigenvalue weighted by Gasteiger charge is 2.04. The minimum absolute atomic E-state index is 0.261. The van der Waals surface area contributed by atoms with E-state index >= 15 is 0 Å². The van der Waals surface area contributed by atoms with E-state index in [4.69, 9.17) is 10.5 Å². The number of hydrogen-bond acceptors (Lipinski definition) is 3. The molecule has 0 aromatic rings. The minimum Gasteiger partial charge on any atom is -0.376 e. The van der Waals surface area contributed by atoms with Crippen LogP contribution in [0.5, 0.6) is 0 Å². The van der Waals surface area contributed by atoms with E-state index in [2.05, 4.69) is 6.92 Å². The molecule has 74 valence electrons. The molecule has 0 aromatic heterocycles. The maximum Gasteiger partial charge on any atom is 0.0787 e. The molecule has 1 atom stereocenters. The van der Waals surface area contributed by atoms with Gasteiger partial charge in [0.15, 0.2) is 0 Å². The second-order valence-electron chi connectivity index (χ2n) is 2.74. The Bertz CT molecular complexity index is 90.6. The third-order valence-electron chi connectivity index (χ3n) is 1.61. The van der Waals surface area contributed by atoms with Crippen LogP contribution in [0.1, 0.15) is 26.7 Å². The lowest BCUT2D eigenvalue weighted by Crippen LogP contribution is -2.26. The third kappa shape index (κ3) is 6.95. The van der Waals surface area contributed by atoms with E-state index in [1.54, 1.807) is 0 Å². The summed E-state index contributed by atoms with van der Waals surface area (Å²) in [6.45, 7) is 5.64. The minimum atomic E-state index is 0.261. The van der Waals surface area contributed by atoms with Crippen molar-refractivity contribution < 1.29 is 4.74 Å². The van der Waals surface area contributed by atoms with Crippen molar-refractivity contribution in [2.24, 2.45) is 5.73 Å². The number of ether oxygens (including phenoxy) is 1. The summed E-state index contributed by atoms with van der Waals surface area (Å²) in [5.41, 5.74) is 5.54. The lowest BCUT2D eigenvalue weighted by atomic mass is 10.4. The SMILES string of the molecule is CCCCSCC(CN)OCC. The summed E-state index contributed by atoms with van der Waals surface area (Å²) < 4.78 is 5.43. The Morgan fingerprint density at radius 3 is 2.67 bits per heavy atom. The fraction of sp³-hybridized carbons (Fsp3) is 1.00. The van der Waals surface area contributed by atoms with Crippen LogP contribution in [-0.2, 0) is 4.74 Å². The first-order valence-corrected chi connectivity index (χ1v) is 5.90. The van der Waals surface area contributed by atoms with Gasteiger partial charge in [-0.05, 0) is 19.1 Å². The van der Waals surface area contributed by atoms with Gasteiger partial charge in [-0.25, -0.2) is 0 Å². The molecule has 2 N–H and O–H groups in total. The van der Waals surface area contributed by atoms with Crippen LogP contribution in [-0.4, -0.2) is 30.8 Å². The van der Waals surface area contributed by atoms with Gasteiger partial charge in [0.2, 0.25) is 0 Å². The van der Waals surface area contributed by atoms with Crippen molar-refractivity contribution >= 4 is 11.8 Å². The van der Waals surface area contributed by atoms with Crippen molar-refractivity contribution in [2.45, 2.75) is 32.8 Å². The number of thioether (sulfide) groups is 1. The van der Waals surface area contributed by atoms with Crippen LogP contribution in [0.25, 0.3) is 0 Å². The molecule has 0 aliphatic carbocycles. The second kappa shape index (κ2) is 9.36. The van der Waals surface area contributed by atoms with Crippen molar-refractivity contribution in [3.05, 3.63) is 0 Å². The topological polar surface area (TPSA) is 35.2 Å². The fourth-order valence-corrected chi connectivity index (χ4v) is 2.04. The van der Waals surface area contributed by atoms with Crippen LogP contribution in [0.3, 0.4) is 0 Å². The van der Waals surface area contributed by atoms with Gasteiger partial charge in [0, 0.05) is 18.9 Å². The predicted octanol–water partition coefficient (Wildman–Crippen LogP) is 1.88. The zero-order valence-electron chi connectivity index (χ0n) is 8.21. The Hall–Kier alpha value is 0.270. The number of rotatable bonds is 8. The summed E-state index contributed by atoms with van der Waals surface area (Å²) >= 11 is 1.95. The second-order valence-corrected chi connectivity index (χ2v) is 3.89. The van der Waals surface area contributed by atoms with Gasteiger partial charge in [-0.15, -0.1) is 0 Å². The van der Waals surface area contributed by atoms with Gasteiger partial charge < -0.3 is 10.5 Å². The van der Waals surface area contributed by atoms with Crippen LogP contribution in [0, 0.1) is 0 Å². The van der Waals surface area contributed by atoms with Crippen molar-refractivity contribution in [2.75, 3.05) is 24.7 Å². The summed E-state index contributed by atoms with van der Waals surface area (Å²) in [4.78, 5) is 0. The van der Waals surface area contributed by atoms with Gasteiger partial charge in [0.1, 0.15) is 0 Å². The van der Waals surface area contributed by atoms with Gasteiger partial charge in [-0.1, -0.05) is 13.3 Å². The molecule has 0 saturated heterocycles. The van der Waals surface area contributed by atoms with Gasteiger partial charge in [0.05, 0.1) is 6.10 Å². The van der Waals surface area contributed by atoms with Crippen LogP contribution in [0.15, 0.2) is 0 Å². The largest absolute Gasteiger partial charge is 0.376 e. The molecule has 3 heteroatoms. The molecular weight excluding hydrogens is 170 g/mol. The monoisotopic (exact) mass is 191 g/mol. The molecule has 0 amide bonds. The molecule has 0 rings (SSSR count). The molecule has 0 spiro atoms. The Morgan fingerprint density at radius 2 is 2.17 bits per heavy atom. The molecule has 2 nitrogen and oxygen atoms in total. The van der Waals surface area contributed by atoms with Crippen molar-refractivity contribution in [3.8, 4) is 0 Å². The van der Waals surface area contributed by atoms with E-state index in [0.29, 0.717) is 6.54 Å². The Kier molecular flexibility index (Phi) is 9.57. The summed E-state index contributed by atoms with van der Waals surface area (Å²) in [5, 5.41) is 0. The summed E-state index contributed by atoms with van der Waals surface area (Å²) in [7, 11) is 0. The van der Waals surface area contributed by atoms with Crippen LogP contribution in [0.2, 0.25) is 0 Å². The molecule has 0 heterocycles. The Morgan fingerprint density at radius 1 is 1.42 bits per heavy atom. The zero-order chi connectivity index (χ0) is 9.23. The van der Waals surface area contributed by atoms with E-state index in [9.17, 15) is 0 Å². The van der Waals surface area contributed by atoms with Crippen LogP contribution in [0.4, 0.5) is 0 Å². The molecular formula is C9H21NOS. The fourth-order valence-electron chi connectivity index (χ4n) is 0.881. The van der Waals surface area contributed by atoms with Crippen LogP contribution < -0.4 is 5.73 Å². The molecule has 0 aromatic carbocycles. The molecule has 0 radical (unpaired) electrons. The summed E-state index contributed by atoms with van der Waals surface area (Å²) in [5.74, 6) is 2.28. The smallest absolute Gasteiger partial charge is 0.0787 e. The van der Waals surface area contributed by atoms with Crippen molar-refractivity contribution in [1.82, 2.24) is 0 Å². The van der Waals surface area contributed by atoms with E-state index in [0.717, 1.165) is 12.4 Å². The van der Waals surface area contributed by atoms with Gasteiger partial charge >= 0.3 is 0 Å². The van der Waals surface area contributed by atoms with Gasteiger partial charge in [-0.3, -0.25) is 0 Å². The molecule has 1 unspecified atom stereocenters. The first-order valence-electron chi connectivity index (χ1n) is 4.74. The molecule has 12 heavy (non-hydrogen) atoms. The van der Waals surface area contributed by atoms with Gasteiger partial charge in [-0.2, -0.15) is 11.8 Å². The van der Waals surface area contributed by atoms with E-state index in [1.165, 1.54) is 18.6 Å². The number of nitrogens with two attached hydrogens (primary N) is 1. The molecule has 0 fully saturated rings. The average molecular weight is 191 g/mol. The number of hydrogen-bond donors (Lipinski definition) is 1. The zero-order valence-corrected chi connectivity index (χ0v) is 9.03. The standard InChI is InChI=1S/C9H21NOS/c1-3-5-6-12-8-9(7-10)11-4-2/h9H,3-8,10H2,1-2H3. The predicted molar refractivity (Wildman–Crippen MR) is 56.7 cm³/mol. The molecule has 0 bridgehead atoms. The van der Waals surface area contributed by atoms with Crippen LogP contribution >= 0.6 is 11.8 Å². The first-order chi connectivity index (χ1) is 5.85.